The molecule has 0 saturated carbocycles. The zero-order valence-corrected chi connectivity index (χ0v) is 45.4. The van der Waals surface area contributed by atoms with E-state index in [1.165, 1.54) is 17.7 Å². The van der Waals surface area contributed by atoms with Crippen molar-refractivity contribution in [2.75, 3.05) is 91.7 Å². The molecule has 1 unspecified atom stereocenters. The third-order valence-corrected chi connectivity index (χ3v) is 19.9. The van der Waals surface area contributed by atoms with E-state index in [0.29, 0.717) is 78.8 Å². The highest BCUT2D eigenvalue weighted by molar-refractivity contribution is 9.10. The molecule has 392 valence electrons. The summed E-state index contributed by atoms with van der Waals surface area (Å²) in [7, 11) is -2.66. The van der Waals surface area contributed by atoms with Crippen LogP contribution in [0.3, 0.4) is 0 Å². The molecule has 0 bridgehead atoms. The van der Waals surface area contributed by atoms with Gasteiger partial charge in [0.15, 0.2) is 0 Å². The minimum Gasteiger partial charge on any atom is -0.492 e. The van der Waals surface area contributed by atoms with E-state index in [0.717, 1.165) is 97.2 Å². The maximum absolute atomic E-state index is 15.5. The second-order valence-electron chi connectivity index (χ2n) is 21.3. The van der Waals surface area contributed by atoms with E-state index in [9.17, 15) is 18.9 Å². The van der Waals surface area contributed by atoms with Crippen LogP contribution >= 0.6 is 23.1 Å². The molecule has 2 aromatic heterocycles. The smallest absolute Gasteiger partial charge is 0.234 e. The van der Waals surface area contributed by atoms with E-state index in [1.807, 2.05) is 61.8 Å². The topological polar surface area (TPSA) is 165 Å². The van der Waals surface area contributed by atoms with Crippen LogP contribution in [0.2, 0.25) is 0 Å². The molecular weight excluding hydrogens is 1030 g/mol. The summed E-state index contributed by atoms with van der Waals surface area (Å²) in [5.41, 5.74) is 5.17. The summed E-state index contributed by atoms with van der Waals surface area (Å²) < 4.78 is 52.5. The number of benzene rings is 3. The number of imide groups is 1. The number of carbonyl (C=O) groups is 3. The molecule has 5 aliphatic heterocycles. The van der Waals surface area contributed by atoms with Gasteiger partial charge in [0.1, 0.15) is 30.3 Å². The number of ether oxygens (including phenoxy) is 1. The quantitative estimate of drug-likeness (QED) is 0.0755. The van der Waals surface area contributed by atoms with Crippen LogP contribution < -0.4 is 35.8 Å². The Labute approximate surface area is 440 Å². The van der Waals surface area contributed by atoms with Crippen molar-refractivity contribution >= 4 is 91.5 Å². The molecule has 0 aliphatic carbocycles. The van der Waals surface area contributed by atoms with E-state index < -0.39 is 41.9 Å². The summed E-state index contributed by atoms with van der Waals surface area (Å²) in [6.07, 6.45) is 7.79. The average molecular weight is 1100 g/mol. The number of halogens is 3. The molecule has 0 spiro atoms. The first-order valence-electron chi connectivity index (χ1n) is 26.2. The zero-order valence-electron chi connectivity index (χ0n) is 42.9. The molecule has 3 amide bonds. The Morgan fingerprint density at radius 2 is 1.64 bits per heavy atom. The molecule has 7 heterocycles. The van der Waals surface area contributed by atoms with Crippen molar-refractivity contribution in [2.45, 2.75) is 91.5 Å². The SMILES string of the molecule is CCOc1cc(N2CCC(N3CCN(C(=O)[C@H]4CN(c5cc(F)c(C6CCC(=O)NC6=O)c(F)c5)CC4(C)C)CC3)CC2)c(CC)cc1Nc1ncc(Br)c(Nc2ccc3nc(C)ccc3c2P2(=O)CCCC2)n1. The molecule has 19 heteroatoms. The molecular formula is C55H66BrF2N10O5P. The van der Waals surface area contributed by atoms with Crippen molar-refractivity contribution in [3.05, 3.63) is 87.7 Å². The second kappa shape index (κ2) is 21.1. The molecule has 3 N–H and O–H groups in total. The number of hydrogen-bond donors (Lipinski definition) is 3. The number of amides is 3. The molecule has 5 saturated heterocycles. The first-order chi connectivity index (χ1) is 35.5. The Morgan fingerprint density at radius 1 is 0.905 bits per heavy atom. The molecule has 15 nitrogen and oxygen atoms in total. The summed E-state index contributed by atoms with van der Waals surface area (Å²) in [5.74, 6) is -2.52. The van der Waals surface area contributed by atoms with Crippen LogP contribution in [0.5, 0.6) is 5.75 Å². The van der Waals surface area contributed by atoms with Gasteiger partial charge in [-0.1, -0.05) is 26.8 Å². The van der Waals surface area contributed by atoms with Gasteiger partial charge in [0.2, 0.25) is 23.7 Å². The Balaban J connectivity index is 0.769. The highest BCUT2D eigenvalue weighted by atomic mass is 79.9. The third-order valence-electron chi connectivity index (χ3n) is 16.0. The van der Waals surface area contributed by atoms with Crippen LogP contribution in [-0.4, -0.2) is 120 Å². The van der Waals surface area contributed by atoms with Gasteiger partial charge in [0.25, 0.3) is 0 Å². The van der Waals surface area contributed by atoms with Crippen LogP contribution in [0, 0.1) is 29.9 Å². The van der Waals surface area contributed by atoms with Gasteiger partial charge in [-0.15, -0.1) is 0 Å². The van der Waals surface area contributed by atoms with Crippen LogP contribution in [0.25, 0.3) is 10.9 Å². The Bertz CT molecular complexity index is 3020. The van der Waals surface area contributed by atoms with Gasteiger partial charge >= 0.3 is 0 Å². The number of aryl methyl sites for hydroxylation is 2. The number of nitrogens with zero attached hydrogens (tertiary/aromatic N) is 7. The van der Waals surface area contributed by atoms with Crippen molar-refractivity contribution in [3.8, 4) is 5.75 Å². The van der Waals surface area contributed by atoms with Crippen LogP contribution in [0.1, 0.15) is 89.0 Å². The summed E-state index contributed by atoms with van der Waals surface area (Å²) in [4.78, 5) is 61.5. The number of nitrogens with one attached hydrogen (secondary N) is 3. The minimum atomic E-state index is -2.66. The first kappa shape index (κ1) is 51.8. The van der Waals surface area contributed by atoms with Crippen molar-refractivity contribution < 1.29 is 32.5 Å². The number of hydrogen-bond acceptors (Lipinski definition) is 13. The number of piperazine rings is 1. The lowest BCUT2D eigenvalue weighted by atomic mass is 9.81. The third kappa shape index (κ3) is 10.3. The van der Waals surface area contributed by atoms with E-state index in [2.05, 4.69) is 65.7 Å². The predicted octanol–water partition coefficient (Wildman–Crippen LogP) is 9.40. The van der Waals surface area contributed by atoms with Crippen LogP contribution in [0.15, 0.2) is 59.2 Å². The Morgan fingerprint density at radius 3 is 2.32 bits per heavy atom. The number of rotatable bonds is 13. The summed E-state index contributed by atoms with van der Waals surface area (Å²) in [6, 6.07) is 15.1. The molecule has 5 aromatic rings. The summed E-state index contributed by atoms with van der Waals surface area (Å²) >= 11 is 3.67. The van der Waals surface area contributed by atoms with Crippen molar-refractivity contribution in [1.82, 2.24) is 30.1 Å². The average Bonchev–Trinajstić information content (AvgIpc) is 3.98. The standard InChI is InChI=1S/C55H66BrF2N10O5P/c1-6-34-26-45(62-54-59-30-40(56)51(64-54)61-44-14-13-43-37(11-10-33(3)60-43)50(44)74(72)24-8-9-25-74)47(73-7-2)29-46(34)66-18-16-35(17-19-66)65-20-22-67(23-21-65)53(71)39-31-68(32-55(39,4)5)36-27-41(57)49(42(58)28-36)38-12-15-48(69)63-52(38)70/h10-11,13-14,26-30,35,38-39H,6-9,12,15-25,31-32H2,1-5H3,(H,63,69,70)(H2,59,61,62,64)/t38?,39-/m1/s1. The maximum Gasteiger partial charge on any atom is 0.234 e. The van der Waals surface area contributed by atoms with Crippen LogP contribution in [-0.2, 0) is 25.4 Å². The lowest BCUT2D eigenvalue weighted by molar-refractivity contribution is -0.140. The first-order valence-corrected chi connectivity index (χ1v) is 29.1. The molecule has 74 heavy (non-hydrogen) atoms. The highest BCUT2D eigenvalue weighted by Crippen LogP contribution is 2.54. The van der Waals surface area contributed by atoms with Gasteiger partial charge in [-0.2, -0.15) is 4.98 Å². The van der Waals surface area contributed by atoms with Gasteiger partial charge in [0.05, 0.1) is 39.8 Å². The zero-order chi connectivity index (χ0) is 52.1. The van der Waals surface area contributed by atoms with Crippen molar-refractivity contribution in [2.24, 2.45) is 11.3 Å². The number of pyridine rings is 1. The van der Waals surface area contributed by atoms with E-state index in [-0.39, 0.29) is 30.2 Å². The maximum atomic E-state index is 15.5. The summed E-state index contributed by atoms with van der Waals surface area (Å²) in [6.45, 7) is 16.0. The minimum absolute atomic E-state index is 0.0215. The molecule has 2 atom stereocenters. The number of aromatic nitrogens is 3. The normalized spacial score (nSPS) is 21.3. The Hall–Kier alpha value is -5.71. The Kier molecular flexibility index (Phi) is 14.8. The van der Waals surface area contributed by atoms with Gasteiger partial charge < -0.3 is 34.6 Å². The number of piperidine rings is 2. The van der Waals surface area contributed by atoms with Gasteiger partial charge in [-0.3, -0.25) is 29.6 Å². The van der Waals surface area contributed by atoms with E-state index in [4.69, 9.17) is 14.7 Å². The predicted molar refractivity (Wildman–Crippen MR) is 290 cm³/mol. The number of fused-ring (bicyclic) bond motifs is 1. The van der Waals surface area contributed by atoms with Gasteiger partial charge in [-0.25, -0.2) is 13.8 Å². The van der Waals surface area contributed by atoms with E-state index >= 15 is 8.78 Å². The molecule has 5 aliphatic rings. The van der Waals surface area contributed by atoms with Crippen LogP contribution in [0.4, 0.5) is 43.3 Å². The fourth-order valence-corrected chi connectivity index (χ4v) is 15.7. The lowest BCUT2D eigenvalue weighted by Gasteiger charge is -2.44. The van der Waals surface area contributed by atoms with Crippen molar-refractivity contribution in [1.29, 1.82) is 0 Å². The largest absolute Gasteiger partial charge is 0.492 e. The fraction of sp³-hybridized carbons (Fsp3) is 0.491. The van der Waals surface area contributed by atoms with Gasteiger partial charge in [-0.05, 0) is 116 Å². The molecule has 5 fully saturated rings. The lowest BCUT2D eigenvalue weighted by Crippen LogP contribution is -2.56. The van der Waals surface area contributed by atoms with Gasteiger partial charge in [0, 0.05) is 123 Å². The fourth-order valence-electron chi connectivity index (χ4n) is 12.0. The second-order valence-corrected chi connectivity index (χ2v) is 25.2. The molecule has 0 radical (unpaired) electrons. The monoisotopic (exact) mass is 1090 g/mol. The molecule has 10 rings (SSSR count). The molecule has 3 aromatic carbocycles. The number of carbonyl (C=O) groups excluding carboxylic acids is 3. The summed E-state index contributed by atoms with van der Waals surface area (Å²) in [5, 5.41) is 10.9. The van der Waals surface area contributed by atoms with Crippen molar-refractivity contribution in [3.63, 3.8) is 0 Å². The van der Waals surface area contributed by atoms with E-state index in [1.54, 1.807) is 6.20 Å². The number of anilines is 6. The highest BCUT2D eigenvalue weighted by Gasteiger charge is 2.46.